The Morgan fingerprint density at radius 2 is 1.40 bits per heavy atom. The molecule has 4 heteroatoms. The van der Waals surface area contributed by atoms with Gasteiger partial charge in [-0.2, -0.15) is 0 Å². The monoisotopic (exact) mass is 480 g/mol. The van der Waals surface area contributed by atoms with Crippen molar-refractivity contribution < 1.29 is 9.47 Å². The second-order valence-electron chi connectivity index (χ2n) is 10.5. The molecule has 1 heterocycles. The lowest BCUT2D eigenvalue weighted by molar-refractivity contribution is 0.177. The number of rotatable bonds is 16. The molecule has 0 aliphatic heterocycles. The van der Waals surface area contributed by atoms with E-state index in [1.165, 1.54) is 77.0 Å². The van der Waals surface area contributed by atoms with Crippen molar-refractivity contribution in [3.63, 3.8) is 0 Å². The van der Waals surface area contributed by atoms with E-state index in [4.69, 9.17) is 9.47 Å². The third kappa shape index (κ3) is 9.82. The fourth-order valence-corrected chi connectivity index (χ4v) is 5.13. The fourth-order valence-electron chi connectivity index (χ4n) is 5.13. The van der Waals surface area contributed by atoms with Gasteiger partial charge in [0.25, 0.3) is 0 Å². The molecule has 0 spiro atoms. The Bertz CT molecular complexity index is 828. The van der Waals surface area contributed by atoms with Crippen molar-refractivity contribution in [1.82, 2.24) is 9.97 Å². The molecular formula is C31H48N2O2. The molecule has 1 aromatic carbocycles. The van der Waals surface area contributed by atoms with Crippen LogP contribution in [0.4, 0.5) is 0 Å². The summed E-state index contributed by atoms with van der Waals surface area (Å²) in [4.78, 5) is 9.02. The highest BCUT2D eigenvalue weighted by molar-refractivity contribution is 5.61. The molecule has 1 aromatic heterocycles. The van der Waals surface area contributed by atoms with Gasteiger partial charge in [-0.05, 0) is 61.8 Å². The van der Waals surface area contributed by atoms with Crippen molar-refractivity contribution >= 4 is 0 Å². The lowest BCUT2D eigenvalue weighted by Gasteiger charge is -2.28. The van der Waals surface area contributed by atoms with Crippen molar-refractivity contribution in [3.8, 4) is 22.9 Å². The zero-order chi connectivity index (χ0) is 24.7. The van der Waals surface area contributed by atoms with E-state index in [-0.39, 0.29) is 0 Å². The number of aromatic nitrogens is 2. The highest BCUT2D eigenvalue weighted by Gasteiger charge is 2.21. The van der Waals surface area contributed by atoms with Crippen LogP contribution in [0.25, 0.3) is 11.4 Å². The summed E-state index contributed by atoms with van der Waals surface area (Å²) < 4.78 is 11.9. The molecule has 0 bridgehead atoms. The van der Waals surface area contributed by atoms with Gasteiger partial charge in [-0.15, -0.1) is 0 Å². The molecule has 1 fully saturated rings. The molecule has 1 saturated carbocycles. The van der Waals surface area contributed by atoms with Crippen LogP contribution in [-0.4, -0.2) is 23.2 Å². The molecule has 0 saturated heterocycles. The standard InChI is InChI=1S/C31H48N2O2/c1-4-6-8-9-10-11-12-13-26-14-16-27(17-15-26)24-35-28-18-19-30(25(3)21-28)31-32-22-29(23-33-31)34-20-7-5-2/h18-19,21-23,26-27H,4-17,20,24H2,1-3H3. The number of hydrogen-bond acceptors (Lipinski definition) is 4. The van der Waals surface area contributed by atoms with Gasteiger partial charge in [0, 0.05) is 5.56 Å². The van der Waals surface area contributed by atoms with Crippen LogP contribution in [0.2, 0.25) is 0 Å². The summed E-state index contributed by atoms with van der Waals surface area (Å²) in [6, 6.07) is 6.26. The molecule has 0 N–H and O–H groups in total. The molecule has 0 unspecified atom stereocenters. The van der Waals surface area contributed by atoms with Crippen molar-refractivity contribution in [1.29, 1.82) is 0 Å². The van der Waals surface area contributed by atoms with E-state index >= 15 is 0 Å². The molecule has 4 nitrogen and oxygen atoms in total. The minimum absolute atomic E-state index is 0.698. The molecule has 2 aromatic rings. The van der Waals surface area contributed by atoms with Crippen LogP contribution < -0.4 is 9.47 Å². The smallest absolute Gasteiger partial charge is 0.159 e. The second kappa shape index (κ2) is 15.8. The quantitative estimate of drug-likeness (QED) is 0.225. The van der Waals surface area contributed by atoms with Gasteiger partial charge in [0.15, 0.2) is 11.6 Å². The van der Waals surface area contributed by atoms with Crippen LogP contribution in [0.5, 0.6) is 11.5 Å². The lowest BCUT2D eigenvalue weighted by Crippen LogP contribution is -2.20. The van der Waals surface area contributed by atoms with Crippen LogP contribution in [0, 0.1) is 18.8 Å². The molecule has 194 valence electrons. The summed E-state index contributed by atoms with van der Waals surface area (Å²) in [7, 11) is 0. The Morgan fingerprint density at radius 1 is 0.743 bits per heavy atom. The van der Waals surface area contributed by atoms with Gasteiger partial charge in [0.05, 0.1) is 25.6 Å². The molecule has 3 rings (SSSR count). The summed E-state index contributed by atoms with van der Waals surface area (Å²) in [5.74, 6) is 4.07. The summed E-state index contributed by atoms with van der Waals surface area (Å²) in [5, 5.41) is 0. The van der Waals surface area contributed by atoms with Crippen molar-refractivity contribution in [2.45, 2.75) is 111 Å². The number of ether oxygens (including phenoxy) is 2. The van der Waals surface area contributed by atoms with Crippen LogP contribution in [0.3, 0.4) is 0 Å². The largest absolute Gasteiger partial charge is 0.493 e. The Kier molecular flexibility index (Phi) is 12.4. The predicted octanol–water partition coefficient (Wildman–Crippen LogP) is 8.96. The first-order valence-electron chi connectivity index (χ1n) is 14.4. The predicted molar refractivity (Wildman–Crippen MR) is 146 cm³/mol. The first-order chi connectivity index (χ1) is 17.2. The highest BCUT2D eigenvalue weighted by atomic mass is 16.5. The van der Waals surface area contributed by atoms with Crippen LogP contribution in [0.1, 0.15) is 109 Å². The second-order valence-corrected chi connectivity index (χ2v) is 10.5. The van der Waals surface area contributed by atoms with Gasteiger partial charge in [-0.25, -0.2) is 9.97 Å². The zero-order valence-electron chi connectivity index (χ0n) is 22.6. The maximum Gasteiger partial charge on any atom is 0.159 e. The first kappa shape index (κ1) is 27.5. The fraction of sp³-hybridized carbons (Fsp3) is 0.677. The van der Waals surface area contributed by atoms with Crippen LogP contribution >= 0.6 is 0 Å². The average molecular weight is 481 g/mol. The number of nitrogens with zero attached hydrogens (tertiary/aromatic N) is 2. The summed E-state index contributed by atoms with van der Waals surface area (Å²) in [5.41, 5.74) is 2.18. The Morgan fingerprint density at radius 3 is 2.09 bits per heavy atom. The Hall–Kier alpha value is -2.10. The summed E-state index contributed by atoms with van der Waals surface area (Å²) in [6.45, 7) is 8.10. The molecule has 35 heavy (non-hydrogen) atoms. The van der Waals surface area contributed by atoms with E-state index < -0.39 is 0 Å². The van der Waals surface area contributed by atoms with Crippen molar-refractivity contribution in [2.75, 3.05) is 13.2 Å². The molecule has 0 radical (unpaired) electrons. The van der Waals surface area contributed by atoms with E-state index in [0.717, 1.165) is 53.8 Å². The SMILES string of the molecule is CCCCCCCCCC1CCC(COc2ccc(-c3ncc(OCCCC)cn3)c(C)c2)CC1. The average Bonchev–Trinajstić information content (AvgIpc) is 2.88. The van der Waals surface area contributed by atoms with Gasteiger partial charge in [0.2, 0.25) is 0 Å². The molecule has 0 amide bonds. The molecular weight excluding hydrogens is 432 g/mol. The van der Waals surface area contributed by atoms with Gasteiger partial charge < -0.3 is 9.47 Å². The van der Waals surface area contributed by atoms with Gasteiger partial charge in [0.1, 0.15) is 5.75 Å². The van der Waals surface area contributed by atoms with Crippen molar-refractivity contribution in [2.24, 2.45) is 11.8 Å². The van der Waals surface area contributed by atoms with Crippen molar-refractivity contribution in [3.05, 3.63) is 36.2 Å². The number of benzene rings is 1. The van der Waals surface area contributed by atoms with Gasteiger partial charge in [-0.1, -0.05) is 84.5 Å². The molecule has 1 aliphatic rings. The number of hydrogen-bond donors (Lipinski definition) is 0. The first-order valence-corrected chi connectivity index (χ1v) is 14.4. The maximum atomic E-state index is 6.21. The minimum Gasteiger partial charge on any atom is -0.493 e. The normalized spacial score (nSPS) is 17.9. The van der Waals surface area contributed by atoms with Crippen LogP contribution in [-0.2, 0) is 0 Å². The Balaban J connectivity index is 1.35. The number of unbranched alkanes of at least 4 members (excludes halogenated alkanes) is 7. The summed E-state index contributed by atoms with van der Waals surface area (Å²) in [6.07, 6.45) is 22.5. The topological polar surface area (TPSA) is 44.2 Å². The maximum absolute atomic E-state index is 6.21. The third-order valence-electron chi connectivity index (χ3n) is 7.50. The van der Waals surface area contributed by atoms with E-state index in [0.29, 0.717) is 12.5 Å². The molecule has 1 aliphatic carbocycles. The zero-order valence-corrected chi connectivity index (χ0v) is 22.6. The third-order valence-corrected chi connectivity index (χ3v) is 7.50. The Labute approximate surface area is 214 Å². The van der Waals surface area contributed by atoms with E-state index in [1.807, 2.05) is 0 Å². The van der Waals surface area contributed by atoms with Crippen LogP contribution in [0.15, 0.2) is 30.6 Å². The highest BCUT2D eigenvalue weighted by Crippen LogP contribution is 2.33. The van der Waals surface area contributed by atoms with Gasteiger partial charge in [-0.3, -0.25) is 0 Å². The number of aryl methyl sites for hydroxylation is 1. The summed E-state index contributed by atoms with van der Waals surface area (Å²) >= 11 is 0. The minimum atomic E-state index is 0.698. The lowest BCUT2D eigenvalue weighted by atomic mass is 9.80. The van der Waals surface area contributed by atoms with Gasteiger partial charge >= 0.3 is 0 Å². The van der Waals surface area contributed by atoms with E-state index in [1.54, 1.807) is 12.4 Å². The molecule has 0 atom stereocenters. The van der Waals surface area contributed by atoms with E-state index in [2.05, 4.69) is 48.9 Å². The van der Waals surface area contributed by atoms with E-state index in [9.17, 15) is 0 Å².